The van der Waals surface area contributed by atoms with Crippen molar-refractivity contribution in [3.8, 4) is 0 Å². The van der Waals surface area contributed by atoms with E-state index in [1.807, 2.05) is 0 Å². The van der Waals surface area contributed by atoms with E-state index < -0.39 is 0 Å². The molecule has 0 bridgehead atoms. The van der Waals surface area contributed by atoms with Crippen LogP contribution in [0.4, 0.5) is 0 Å². The zero-order valence-corrected chi connectivity index (χ0v) is 10.5. The lowest BCUT2D eigenvalue weighted by Crippen LogP contribution is -2.08. The molecule has 2 heteroatoms. The summed E-state index contributed by atoms with van der Waals surface area (Å²) in [6.07, 6.45) is 14.7. The highest BCUT2D eigenvalue weighted by Crippen LogP contribution is 2.35. The smallest absolute Gasteiger partial charge is 0.00228 e. The Morgan fingerprint density at radius 3 is 2.86 bits per heavy atom. The number of rotatable bonds is 1. The fourth-order valence-corrected chi connectivity index (χ4v) is 2.88. The van der Waals surface area contributed by atoms with E-state index >= 15 is 0 Å². The van der Waals surface area contributed by atoms with Crippen molar-refractivity contribution < 1.29 is 0 Å². The summed E-state index contributed by atoms with van der Waals surface area (Å²) < 4.78 is 0. The summed E-state index contributed by atoms with van der Waals surface area (Å²) in [4.78, 5) is 0. The van der Waals surface area contributed by atoms with Gasteiger partial charge in [0.05, 0.1) is 0 Å². The van der Waals surface area contributed by atoms with Gasteiger partial charge < -0.3 is 0 Å². The topological polar surface area (TPSA) is 0 Å². The molecule has 0 aliphatic heterocycles. The molecule has 0 fully saturated rings. The first-order valence-corrected chi connectivity index (χ1v) is 6.31. The fourth-order valence-electron chi connectivity index (χ4n) is 1.97. The first kappa shape index (κ1) is 10.3. The number of hydrogen-bond acceptors (Lipinski definition) is 0. The molecule has 0 radical (unpaired) electrons. The molecule has 2 aliphatic rings. The average molecular weight is 222 g/mol. The van der Waals surface area contributed by atoms with Crippen molar-refractivity contribution in [3.63, 3.8) is 0 Å². The maximum absolute atomic E-state index is 2.95. The van der Waals surface area contributed by atoms with Crippen molar-refractivity contribution in [2.45, 2.75) is 24.9 Å². The lowest BCUT2D eigenvalue weighted by atomic mass is 9.91. The third-order valence-corrected chi connectivity index (χ3v) is 3.93. The predicted molar refractivity (Wildman–Crippen MR) is 70.4 cm³/mol. The largest absolute Gasteiger partial charge is 0.129 e. The van der Waals surface area contributed by atoms with E-state index in [9.17, 15) is 0 Å². The molecule has 0 heterocycles. The molecule has 2 unspecified atom stereocenters. The SMILES string of the molecule is PC1=C(C2=CC=CC[C@@H]2P)CCC=C1. The summed E-state index contributed by atoms with van der Waals surface area (Å²) in [5, 5.41) is 1.37. The van der Waals surface area contributed by atoms with E-state index in [-0.39, 0.29) is 0 Å². The first-order chi connectivity index (χ1) is 6.79. The van der Waals surface area contributed by atoms with Crippen LogP contribution in [0.25, 0.3) is 0 Å². The summed E-state index contributed by atoms with van der Waals surface area (Å²) in [6.45, 7) is 0. The van der Waals surface area contributed by atoms with Crippen molar-refractivity contribution in [1.29, 1.82) is 0 Å². The maximum Gasteiger partial charge on any atom is 0.00228 e. The van der Waals surface area contributed by atoms with E-state index in [1.165, 1.54) is 29.3 Å². The minimum Gasteiger partial charge on any atom is -0.129 e. The summed E-state index contributed by atoms with van der Waals surface area (Å²) in [5.74, 6) is 0. The number of allylic oxidation sites excluding steroid dienone is 8. The highest BCUT2D eigenvalue weighted by molar-refractivity contribution is 7.23. The third-order valence-electron chi connectivity index (χ3n) is 2.76. The van der Waals surface area contributed by atoms with Crippen LogP contribution < -0.4 is 0 Å². The van der Waals surface area contributed by atoms with Crippen molar-refractivity contribution in [1.82, 2.24) is 0 Å². The van der Waals surface area contributed by atoms with Crippen LogP contribution in [0.15, 0.2) is 46.8 Å². The third kappa shape index (κ3) is 2.08. The zero-order chi connectivity index (χ0) is 9.97. The van der Waals surface area contributed by atoms with Crippen molar-refractivity contribution in [3.05, 3.63) is 46.8 Å². The van der Waals surface area contributed by atoms with Crippen molar-refractivity contribution in [2.24, 2.45) is 0 Å². The van der Waals surface area contributed by atoms with Crippen LogP contribution in [0.2, 0.25) is 0 Å². The molecule has 0 spiro atoms. The molecule has 0 nitrogen and oxygen atoms in total. The van der Waals surface area contributed by atoms with Gasteiger partial charge >= 0.3 is 0 Å². The monoisotopic (exact) mass is 222 g/mol. The predicted octanol–water partition coefficient (Wildman–Crippen LogP) is 3.60. The van der Waals surface area contributed by atoms with E-state index in [0.29, 0.717) is 5.66 Å². The van der Waals surface area contributed by atoms with E-state index in [2.05, 4.69) is 48.9 Å². The van der Waals surface area contributed by atoms with Gasteiger partial charge in [0, 0.05) is 5.66 Å². The lowest BCUT2D eigenvalue weighted by Gasteiger charge is -2.23. The first-order valence-electron chi connectivity index (χ1n) is 5.07. The fraction of sp³-hybridized carbons (Fsp3) is 0.333. The molecular weight excluding hydrogens is 206 g/mol. The van der Waals surface area contributed by atoms with Crippen LogP contribution in [0.1, 0.15) is 19.3 Å². The molecular formula is C12H16P2. The molecule has 0 N–H and O–H groups in total. The van der Waals surface area contributed by atoms with Gasteiger partial charge in [0.2, 0.25) is 0 Å². The normalized spacial score (nSPS) is 26.7. The molecule has 0 aromatic rings. The molecule has 0 aromatic heterocycles. The Hall–Kier alpha value is -0.180. The summed E-state index contributed by atoms with van der Waals surface area (Å²) in [7, 11) is 5.80. The quantitative estimate of drug-likeness (QED) is 0.595. The number of hydrogen-bond donors (Lipinski definition) is 0. The molecule has 2 rings (SSSR count). The zero-order valence-electron chi connectivity index (χ0n) is 8.24. The molecule has 14 heavy (non-hydrogen) atoms. The Labute approximate surface area is 90.6 Å². The van der Waals surface area contributed by atoms with Crippen LogP contribution in [0.3, 0.4) is 0 Å². The van der Waals surface area contributed by atoms with Gasteiger partial charge in [-0.1, -0.05) is 30.4 Å². The molecule has 0 aromatic carbocycles. The minimum absolute atomic E-state index is 0.608. The molecule has 2 aliphatic carbocycles. The van der Waals surface area contributed by atoms with Crippen LogP contribution >= 0.6 is 18.5 Å². The van der Waals surface area contributed by atoms with Crippen LogP contribution in [-0.4, -0.2) is 5.66 Å². The van der Waals surface area contributed by atoms with Crippen LogP contribution in [0.5, 0.6) is 0 Å². The van der Waals surface area contributed by atoms with Crippen molar-refractivity contribution in [2.75, 3.05) is 0 Å². The highest BCUT2D eigenvalue weighted by atomic mass is 31.0. The molecule has 74 valence electrons. The van der Waals surface area contributed by atoms with Crippen LogP contribution in [0, 0.1) is 0 Å². The van der Waals surface area contributed by atoms with Gasteiger partial charge in [-0.15, -0.1) is 18.5 Å². The second kappa shape index (κ2) is 4.56. The Morgan fingerprint density at radius 2 is 2.14 bits per heavy atom. The summed E-state index contributed by atoms with van der Waals surface area (Å²) in [5.41, 5.74) is 3.64. The summed E-state index contributed by atoms with van der Waals surface area (Å²) in [6, 6.07) is 0. The van der Waals surface area contributed by atoms with Gasteiger partial charge in [0.1, 0.15) is 0 Å². The van der Waals surface area contributed by atoms with Gasteiger partial charge in [0.25, 0.3) is 0 Å². The minimum atomic E-state index is 0.608. The molecule has 0 amide bonds. The van der Waals surface area contributed by atoms with Gasteiger partial charge in [-0.3, -0.25) is 0 Å². The Balaban J connectivity index is 2.33. The molecule has 3 atom stereocenters. The van der Waals surface area contributed by atoms with Gasteiger partial charge in [-0.2, -0.15) is 0 Å². The lowest BCUT2D eigenvalue weighted by molar-refractivity contribution is 0.906. The van der Waals surface area contributed by atoms with Crippen LogP contribution in [-0.2, 0) is 0 Å². The summed E-state index contributed by atoms with van der Waals surface area (Å²) >= 11 is 0. The van der Waals surface area contributed by atoms with E-state index in [1.54, 1.807) is 0 Å². The van der Waals surface area contributed by atoms with Crippen molar-refractivity contribution >= 4 is 18.5 Å². The second-order valence-corrected chi connectivity index (χ2v) is 5.19. The van der Waals surface area contributed by atoms with Gasteiger partial charge in [-0.05, 0) is 35.7 Å². The van der Waals surface area contributed by atoms with Gasteiger partial charge in [0.15, 0.2) is 0 Å². The highest BCUT2D eigenvalue weighted by Gasteiger charge is 2.16. The molecule has 0 saturated carbocycles. The standard InChI is InChI=1S/C12H16P2/c13-11-7-3-1-5-9(11)10-6-2-4-8-12(10)14/h1,3-5,8,11H,2,6-7,13-14H2/t11-/m0/s1. The second-order valence-electron chi connectivity index (χ2n) is 3.77. The Bertz CT molecular complexity index is 345. The molecule has 0 saturated heterocycles. The average Bonchev–Trinajstić information content (AvgIpc) is 2.20. The maximum atomic E-state index is 2.95. The van der Waals surface area contributed by atoms with E-state index in [4.69, 9.17) is 0 Å². The van der Waals surface area contributed by atoms with Gasteiger partial charge in [-0.25, -0.2) is 0 Å². The Morgan fingerprint density at radius 1 is 1.29 bits per heavy atom. The Kier molecular flexibility index (Phi) is 3.37. The van der Waals surface area contributed by atoms with E-state index in [0.717, 1.165) is 6.42 Å².